The highest BCUT2D eigenvalue weighted by Crippen LogP contribution is 2.26. The highest BCUT2D eigenvalue weighted by Gasteiger charge is 2.03. The Morgan fingerprint density at radius 2 is 2.12 bits per heavy atom. The van der Waals surface area contributed by atoms with Crippen molar-refractivity contribution in [1.82, 2.24) is 5.32 Å². The van der Waals surface area contributed by atoms with Gasteiger partial charge in [0, 0.05) is 21.7 Å². The Balaban J connectivity index is 2.53. The van der Waals surface area contributed by atoms with Gasteiger partial charge in [0.25, 0.3) is 0 Å². The van der Waals surface area contributed by atoms with Gasteiger partial charge in [0.15, 0.2) is 0 Å². The summed E-state index contributed by atoms with van der Waals surface area (Å²) < 4.78 is 1.22. The Morgan fingerprint density at radius 1 is 1.35 bits per heavy atom. The minimum Gasteiger partial charge on any atom is -0.313 e. The van der Waals surface area contributed by atoms with Crippen molar-refractivity contribution < 1.29 is 0 Å². The molecular weight excluding hydrogens is 294 g/mol. The van der Waals surface area contributed by atoms with E-state index in [0.29, 0.717) is 0 Å². The summed E-state index contributed by atoms with van der Waals surface area (Å²) in [5, 5.41) is 3.43. The molecule has 0 aliphatic carbocycles. The van der Waals surface area contributed by atoms with Gasteiger partial charge in [0.2, 0.25) is 0 Å². The number of thioether (sulfide) groups is 1. The lowest BCUT2D eigenvalue weighted by molar-refractivity contribution is 0.673. The lowest BCUT2D eigenvalue weighted by Crippen LogP contribution is -2.14. The number of nitrogens with one attached hydrogen (secondary N) is 1. The van der Waals surface area contributed by atoms with Crippen LogP contribution in [-0.4, -0.2) is 12.3 Å². The lowest BCUT2D eigenvalue weighted by Gasteiger charge is -2.09. The minimum absolute atomic E-state index is 0.740. The number of hydrogen-bond donors (Lipinski definition) is 1. The third-order valence-corrected chi connectivity index (χ3v) is 4.51. The second-order valence-corrected chi connectivity index (χ2v) is 6.58. The Labute approximate surface area is 118 Å². The molecule has 0 heterocycles. The fourth-order valence-corrected chi connectivity index (χ4v) is 2.99. The number of benzene rings is 1. The average molecular weight is 316 g/mol. The van der Waals surface area contributed by atoms with E-state index in [4.69, 9.17) is 0 Å². The molecule has 0 aliphatic heterocycles. The topological polar surface area (TPSA) is 12.0 Å². The number of halogens is 1. The summed E-state index contributed by atoms with van der Waals surface area (Å²) in [5.74, 6) is 1.92. The van der Waals surface area contributed by atoms with Gasteiger partial charge < -0.3 is 5.32 Å². The van der Waals surface area contributed by atoms with Crippen molar-refractivity contribution in [3.63, 3.8) is 0 Å². The molecule has 1 aromatic carbocycles. The van der Waals surface area contributed by atoms with Crippen molar-refractivity contribution in [3.8, 4) is 0 Å². The van der Waals surface area contributed by atoms with Gasteiger partial charge in [-0.2, -0.15) is 0 Å². The highest BCUT2D eigenvalue weighted by molar-refractivity contribution is 9.10. The summed E-state index contributed by atoms with van der Waals surface area (Å²) in [6, 6.07) is 6.67. The molecule has 1 N–H and O–H groups in total. The maximum atomic E-state index is 3.65. The van der Waals surface area contributed by atoms with Crippen LogP contribution in [0.3, 0.4) is 0 Å². The van der Waals surface area contributed by atoms with Gasteiger partial charge in [0.1, 0.15) is 0 Å². The van der Waals surface area contributed by atoms with E-state index in [1.54, 1.807) is 0 Å². The standard InChI is InChI=1S/C14H22BrNS/c1-4-7-16-9-12-5-6-13(8-14(12)15)17-10-11(2)3/h5-6,8,11,16H,4,7,9-10H2,1-3H3. The van der Waals surface area contributed by atoms with Crippen LogP contribution in [0.4, 0.5) is 0 Å². The van der Waals surface area contributed by atoms with Crippen molar-refractivity contribution >= 4 is 27.7 Å². The molecule has 1 rings (SSSR count). The molecule has 17 heavy (non-hydrogen) atoms. The van der Waals surface area contributed by atoms with Crippen LogP contribution in [0.15, 0.2) is 27.6 Å². The Hall–Kier alpha value is 0.01000. The molecule has 0 radical (unpaired) electrons. The summed E-state index contributed by atoms with van der Waals surface area (Å²) in [6.45, 7) is 8.73. The summed E-state index contributed by atoms with van der Waals surface area (Å²) in [5.41, 5.74) is 1.34. The van der Waals surface area contributed by atoms with Crippen LogP contribution in [0.25, 0.3) is 0 Å². The molecule has 0 atom stereocenters. The molecule has 0 amide bonds. The van der Waals surface area contributed by atoms with Gasteiger partial charge in [-0.25, -0.2) is 0 Å². The summed E-state index contributed by atoms with van der Waals surface area (Å²) in [6.07, 6.45) is 1.18. The zero-order valence-corrected chi connectivity index (χ0v) is 13.3. The predicted molar refractivity (Wildman–Crippen MR) is 81.7 cm³/mol. The first-order valence-electron chi connectivity index (χ1n) is 6.25. The third kappa shape index (κ3) is 5.94. The van der Waals surface area contributed by atoms with Crippen molar-refractivity contribution in [3.05, 3.63) is 28.2 Å². The van der Waals surface area contributed by atoms with E-state index in [-0.39, 0.29) is 0 Å². The monoisotopic (exact) mass is 315 g/mol. The molecule has 0 spiro atoms. The van der Waals surface area contributed by atoms with Gasteiger partial charge in [-0.1, -0.05) is 42.8 Å². The molecule has 0 saturated carbocycles. The molecule has 0 aliphatic rings. The smallest absolute Gasteiger partial charge is 0.0231 e. The molecule has 1 nitrogen and oxygen atoms in total. The molecule has 0 fully saturated rings. The molecule has 1 aromatic rings. The van der Waals surface area contributed by atoms with Crippen LogP contribution in [0.5, 0.6) is 0 Å². The molecule has 0 bridgehead atoms. The van der Waals surface area contributed by atoms with Crippen molar-refractivity contribution in [2.75, 3.05) is 12.3 Å². The normalized spacial score (nSPS) is 11.1. The maximum Gasteiger partial charge on any atom is 0.0231 e. The largest absolute Gasteiger partial charge is 0.313 e. The molecule has 96 valence electrons. The van der Waals surface area contributed by atoms with Crippen LogP contribution in [0.2, 0.25) is 0 Å². The van der Waals surface area contributed by atoms with Gasteiger partial charge in [-0.3, -0.25) is 0 Å². The van der Waals surface area contributed by atoms with Gasteiger partial charge in [0.05, 0.1) is 0 Å². The number of rotatable bonds is 7. The van der Waals surface area contributed by atoms with Crippen LogP contribution in [0.1, 0.15) is 32.8 Å². The highest BCUT2D eigenvalue weighted by atomic mass is 79.9. The molecule has 0 saturated heterocycles. The Kier molecular flexibility index (Phi) is 7.24. The average Bonchev–Trinajstić information content (AvgIpc) is 2.29. The van der Waals surface area contributed by atoms with Gasteiger partial charge in [-0.05, 0) is 36.6 Å². The molecule has 0 unspecified atom stereocenters. The van der Waals surface area contributed by atoms with E-state index in [2.05, 4.69) is 60.2 Å². The van der Waals surface area contributed by atoms with Crippen LogP contribution >= 0.6 is 27.7 Å². The third-order valence-electron chi connectivity index (χ3n) is 2.35. The predicted octanol–water partition coefficient (Wildman–Crippen LogP) is 4.70. The second kappa shape index (κ2) is 8.17. The van der Waals surface area contributed by atoms with Crippen molar-refractivity contribution in [1.29, 1.82) is 0 Å². The molecule has 3 heteroatoms. The van der Waals surface area contributed by atoms with E-state index in [9.17, 15) is 0 Å². The zero-order valence-electron chi connectivity index (χ0n) is 10.9. The molecule has 0 aromatic heterocycles. The van der Waals surface area contributed by atoms with E-state index < -0.39 is 0 Å². The fourth-order valence-electron chi connectivity index (χ4n) is 1.42. The van der Waals surface area contributed by atoms with Crippen LogP contribution < -0.4 is 5.32 Å². The fraction of sp³-hybridized carbons (Fsp3) is 0.571. The van der Waals surface area contributed by atoms with Crippen molar-refractivity contribution in [2.45, 2.75) is 38.6 Å². The van der Waals surface area contributed by atoms with Gasteiger partial charge >= 0.3 is 0 Å². The zero-order chi connectivity index (χ0) is 12.7. The minimum atomic E-state index is 0.740. The van der Waals surface area contributed by atoms with E-state index in [0.717, 1.165) is 19.0 Å². The van der Waals surface area contributed by atoms with E-state index in [1.165, 1.54) is 27.1 Å². The maximum absolute atomic E-state index is 3.65. The SMILES string of the molecule is CCCNCc1ccc(SCC(C)C)cc1Br. The van der Waals surface area contributed by atoms with Crippen molar-refractivity contribution in [2.24, 2.45) is 5.92 Å². The molecular formula is C14H22BrNS. The summed E-state index contributed by atoms with van der Waals surface area (Å²) in [7, 11) is 0. The van der Waals surface area contributed by atoms with E-state index in [1.807, 2.05) is 11.8 Å². The number of hydrogen-bond acceptors (Lipinski definition) is 2. The first kappa shape index (κ1) is 15.1. The lowest BCUT2D eigenvalue weighted by atomic mass is 10.2. The first-order valence-corrected chi connectivity index (χ1v) is 8.03. The summed E-state index contributed by atoms with van der Waals surface area (Å²) >= 11 is 5.58. The quantitative estimate of drug-likeness (QED) is 0.578. The second-order valence-electron chi connectivity index (χ2n) is 4.63. The van der Waals surface area contributed by atoms with Crippen LogP contribution in [-0.2, 0) is 6.54 Å². The van der Waals surface area contributed by atoms with Crippen LogP contribution in [0, 0.1) is 5.92 Å². The van der Waals surface area contributed by atoms with Gasteiger partial charge in [-0.15, -0.1) is 11.8 Å². The van der Waals surface area contributed by atoms with E-state index >= 15 is 0 Å². The summed E-state index contributed by atoms with van der Waals surface area (Å²) in [4.78, 5) is 1.35. The first-order chi connectivity index (χ1) is 8.13. The Bertz CT molecular complexity index is 339. The Morgan fingerprint density at radius 3 is 2.71 bits per heavy atom.